The Bertz CT molecular complexity index is 245. The first-order chi connectivity index (χ1) is 7.76. The lowest BCUT2D eigenvalue weighted by Gasteiger charge is -2.22. The summed E-state index contributed by atoms with van der Waals surface area (Å²) < 4.78 is 0.376. The van der Waals surface area contributed by atoms with Gasteiger partial charge < -0.3 is 10.2 Å². The molecule has 0 aromatic heterocycles. The molecule has 1 aliphatic heterocycles. The molecule has 1 saturated carbocycles. The summed E-state index contributed by atoms with van der Waals surface area (Å²) in [5, 5.41) is 3.10. The Hall–Kier alpha value is -0.380. The highest BCUT2D eigenvalue weighted by atomic mass is 32.2. The molecule has 0 unspecified atom stereocenters. The zero-order chi connectivity index (χ0) is 11.4. The Morgan fingerprint density at radius 3 is 2.38 bits per heavy atom. The summed E-state index contributed by atoms with van der Waals surface area (Å²) >= 11 is 1.90. The minimum absolute atomic E-state index is 0.155. The van der Waals surface area contributed by atoms with E-state index in [0.29, 0.717) is 4.75 Å². The number of urea groups is 1. The lowest BCUT2D eigenvalue weighted by atomic mass is 10.2. The van der Waals surface area contributed by atoms with Crippen LogP contribution in [0.2, 0.25) is 0 Å². The van der Waals surface area contributed by atoms with Gasteiger partial charge in [0.05, 0.1) is 0 Å². The summed E-state index contributed by atoms with van der Waals surface area (Å²) in [4.78, 5) is 13.9. The van der Waals surface area contributed by atoms with Crippen LogP contribution >= 0.6 is 11.8 Å². The lowest BCUT2D eigenvalue weighted by Crippen LogP contribution is -2.43. The van der Waals surface area contributed by atoms with Crippen molar-refractivity contribution in [3.8, 4) is 0 Å². The molecule has 1 aliphatic carbocycles. The number of nitrogens with one attached hydrogen (secondary N) is 1. The highest BCUT2D eigenvalue weighted by Gasteiger charge is 2.42. The number of carbonyl (C=O) groups is 1. The highest BCUT2D eigenvalue weighted by molar-refractivity contribution is 8.00. The van der Waals surface area contributed by atoms with Gasteiger partial charge in [-0.25, -0.2) is 4.79 Å². The predicted molar refractivity (Wildman–Crippen MR) is 68.9 cm³/mol. The fourth-order valence-corrected chi connectivity index (χ4v) is 2.94. The molecule has 1 N–H and O–H groups in total. The van der Waals surface area contributed by atoms with E-state index >= 15 is 0 Å². The van der Waals surface area contributed by atoms with Crippen LogP contribution in [-0.2, 0) is 0 Å². The van der Waals surface area contributed by atoms with Gasteiger partial charge in [-0.1, -0.05) is 12.8 Å². The molecule has 2 fully saturated rings. The van der Waals surface area contributed by atoms with Crippen LogP contribution in [0.3, 0.4) is 0 Å². The molecule has 2 aliphatic rings. The van der Waals surface area contributed by atoms with Gasteiger partial charge in [0.2, 0.25) is 0 Å². The summed E-state index contributed by atoms with van der Waals surface area (Å²) in [6.07, 6.45) is 9.55. The molecule has 1 heterocycles. The van der Waals surface area contributed by atoms with E-state index in [1.807, 2.05) is 16.7 Å². The van der Waals surface area contributed by atoms with Crippen LogP contribution in [0.5, 0.6) is 0 Å². The number of thioether (sulfide) groups is 1. The van der Waals surface area contributed by atoms with Gasteiger partial charge >= 0.3 is 6.03 Å². The van der Waals surface area contributed by atoms with Gasteiger partial charge in [-0.15, -0.1) is 0 Å². The second kappa shape index (κ2) is 5.30. The minimum atomic E-state index is 0.155. The van der Waals surface area contributed by atoms with E-state index in [4.69, 9.17) is 0 Å². The molecular formula is C12H22N2OS. The monoisotopic (exact) mass is 242 g/mol. The third-order valence-electron chi connectivity index (χ3n) is 3.70. The molecule has 0 bridgehead atoms. The van der Waals surface area contributed by atoms with Gasteiger partial charge in [-0.05, 0) is 31.9 Å². The van der Waals surface area contributed by atoms with Crippen molar-refractivity contribution in [3.05, 3.63) is 0 Å². The number of hydrogen-bond acceptors (Lipinski definition) is 2. The van der Waals surface area contributed by atoms with Crippen molar-refractivity contribution in [1.29, 1.82) is 0 Å². The third kappa shape index (κ3) is 3.06. The maximum atomic E-state index is 11.9. The number of rotatable bonds is 3. The van der Waals surface area contributed by atoms with E-state index in [9.17, 15) is 4.79 Å². The fourth-order valence-electron chi connectivity index (χ4n) is 2.21. The van der Waals surface area contributed by atoms with Crippen LogP contribution in [0.1, 0.15) is 38.5 Å². The number of carbonyl (C=O) groups excluding carboxylic acids is 1. The molecule has 3 nitrogen and oxygen atoms in total. The molecule has 0 atom stereocenters. The van der Waals surface area contributed by atoms with E-state index in [0.717, 1.165) is 19.6 Å². The van der Waals surface area contributed by atoms with Gasteiger partial charge in [0.15, 0.2) is 0 Å². The van der Waals surface area contributed by atoms with Crippen molar-refractivity contribution in [2.45, 2.75) is 43.3 Å². The van der Waals surface area contributed by atoms with Gasteiger partial charge in [-0.2, -0.15) is 11.8 Å². The first kappa shape index (κ1) is 12.1. The van der Waals surface area contributed by atoms with E-state index in [2.05, 4.69) is 11.6 Å². The van der Waals surface area contributed by atoms with Crippen molar-refractivity contribution >= 4 is 17.8 Å². The quantitative estimate of drug-likeness (QED) is 0.824. The predicted octanol–water partition coefficient (Wildman–Crippen LogP) is 2.47. The van der Waals surface area contributed by atoms with Crippen LogP contribution in [0.15, 0.2) is 0 Å². The maximum absolute atomic E-state index is 11.9. The van der Waals surface area contributed by atoms with Crippen LogP contribution in [0.25, 0.3) is 0 Å². The Morgan fingerprint density at radius 2 is 1.88 bits per heavy atom. The topological polar surface area (TPSA) is 32.3 Å². The molecular weight excluding hydrogens is 220 g/mol. The number of likely N-dealkylation sites (tertiary alicyclic amines) is 1. The first-order valence-corrected chi connectivity index (χ1v) is 7.56. The van der Waals surface area contributed by atoms with E-state index < -0.39 is 0 Å². The SMILES string of the molecule is CSC1(CNC(=O)N2CCCCCC2)CC1. The molecule has 0 aromatic rings. The standard InChI is InChI=1S/C12H22N2OS/c1-16-12(6-7-12)10-13-11(15)14-8-4-2-3-5-9-14/h2-10H2,1H3,(H,13,15). The van der Waals surface area contributed by atoms with Gasteiger partial charge in [0, 0.05) is 24.4 Å². The molecule has 0 spiro atoms. The summed E-state index contributed by atoms with van der Waals surface area (Å²) in [5.74, 6) is 0. The van der Waals surface area contributed by atoms with Crippen LogP contribution in [0, 0.1) is 0 Å². The van der Waals surface area contributed by atoms with Crippen LogP contribution < -0.4 is 5.32 Å². The van der Waals surface area contributed by atoms with E-state index in [1.165, 1.54) is 38.5 Å². The molecule has 0 radical (unpaired) electrons. The van der Waals surface area contributed by atoms with Crippen molar-refractivity contribution in [3.63, 3.8) is 0 Å². The third-order valence-corrected chi connectivity index (χ3v) is 5.11. The largest absolute Gasteiger partial charge is 0.337 e. The number of nitrogens with zero attached hydrogens (tertiary/aromatic N) is 1. The zero-order valence-corrected chi connectivity index (χ0v) is 10.9. The highest BCUT2D eigenvalue weighted by Crippen LogP contribution is 2.46. The molecule has 92 valence electrons. The smallest absolute Gasteiger partial charge is 0.317 e. The lowest BCUT2D eigenvalue weighted by molar-refractivity contribution is 0.199. The fraction of sp³-hybridized carbons (Fsp3) is 0.917. The van der Waals surface area contributed by atoms with Gasteiger partial charge in [0.1, 0.15) is 0 Å². The summed E-state index contributed by atoms with van der Waals surface area (Å²) in [5.41, 5.74) is 0. The molecule has 16 heavy (non-hydrogen) atoms. The van der Waals surface area contributed by atoms with Crippen molar-refractivity contribution in [2.24, 2.45) is 0 Å². The van der Waals surface area contributed by atoms with Crippen molar-refractivity contribution in [1.82, 2.24) is 10.2 Å². The minimum Gasteiger partial charge on any atom is -0.337 e. The molecule has 1 saturated heterocycles. The Balaban J connectivity index is 1.74. The Labute approximate surface area is 102 Å². The molecule has 2 amide bonds. The molecule has 0 aromatic carbocycles. The first-order valence-electron chi connectivity index (χ1n) is 6.34. The zero-order valence-electron chi connectivity index (χ0n) is 10.1. The van der Waals surface area contributed by atoms with Crippen LogP contribution in [-0.4, -0.2) is 41.6 Å². The second-order valence-electron chi connectivity index (χ2n) is 4.95. The maximum Gasteiger partial charge on any atom is 0.317 e. The average Bonchev–Trinajstić information content (AvgIpc) is 3.11. The van der Waals surface area contributed by atoms with Crippen molar-refractivity contribution in [2.75, 3.05) is 25.9 Å². The van der Waals surface area contributed by atoms with E-state index in [-0.39, 0.29) is 6.03 Å². The van der Waals surface area contributed by atoms with E-state index in [1.54, 1.807) is 0 Å². The van der Waals surface area contributed by atoms with Gasteiger partial charge in [0.25, 0.3) is 0 Å². The summed E-state index contributed by atoms with van der Waals surface area (Å²) in [6.45, 7) is 2.74. The normalized spacial score (nSPS) is 23.7. The number of hydrogen-bond donors (Lipinski definition) is 1. The summed E-state index contributed by atoms with van der Waals surface area (Å²) in [6, 6.07) is 0.155. The molecule has 2 rings (SSSR count). The average molecular weight is 242 g/mol. The Morgan fingerprint density at radius 1 is 1.25 bits per heavy atom. The Kier molecular flexibility index (Phi) is 4.00. The van der Waals surface area contributed by atoms with Gasteiger partial charge in [-0.3, -0.25) is 0 Å². The summed E-state index contributed by atoms with van der Waals surface area (Å²) in [7, 11) is 0. The van der Waals surface area contributed by atoms with Crippen molar-refractivity contribution < 1.29 is 4.79 Å². The van der Waals surface area contributed by atoms with Crippen LogP contribution in [0.4, 0.5) is 4.79 Å². The molecule has 4 heteroatoms. The second-order valence-corrected chi connectivity index (χ2v) is 6.22. The number of amides is 2.